The van der Waals surface area contributed by atoms with E-state index in [-0.39, 0.29) is 5.91 Å². The minimum absolute atomic E-state index is 0.0592. The van der Waals surface area contributed by atoms with Gasteiger partial charge in [0.2, 0.25) is 0 Å². The lowest BCUT2D eigenvalue weighted by Gasteiger charge is -2.18. The Morgan fingerprint density at radius 3 is 2.83 bits per heavy atom. The van der Waals surface area contributed by atoms with Crippen LogP contribution in [0.1, 0.15) is 30.2 Å². The SMILES string of the molecule is CCC(Oc1ccc(C)cc1C)C(=O)NCCSCc1ccco1. The Hall–Kier alpha value is -1.88. The second kappa shape index (κ2) is 9.42. The molecule has 0 bridgehead atoms. The Morgan fingerprint density at radius 2 is 2.17 bits per heavy atom. The molecule has 130 valence electrons. The Labute approximate surface area is 148 Å². The van der Waals surface area contributed by atoms with E-state index in [2.05, 4.69) is 11.4 Å². The van der Waals surface area contributed by atoms with Crippen molar-refractivity contribution in [3.05, 3.63) is 53.5 Å². The number of carbonyl (C=O) groups is 1. The van der Waals surface area contributed by atoms with Crippen LogP contribution in [0, 0.1) is 13.8 Å². The van der Waals surface area contributed by atoms with E-state index in [1.807, 2.05) is 45.0 Å². The van der Waals surface area contributed by atoms with Crippen molar-refractivity contribution in [3.63, 3.8) is 0 Å². The maximum Gasteiger partial charge on any atom is 0.261 e. The van der Waals surface area contributed by atoms with Crippen LogP contribution in [0.5, 0.6) is 5.75 Å². The fourth-order valence-corrected chi connectivity index (χ4v) is 3.09. The molecule has 0 aliphatic carbocycles. The van der Waals surface area contributed by atoms with E-state index >= 15 is 0 Å². The van der Waals surface area contributed by atoms with Gasteiger partial charge in [-0.25, -0.2) is 0 Å². The van der Waals surface area contributed by atoms with Gasteiger partial charge in [-0.15, -0.1) is 0 Å². The van der Waals surface area contributed by atoms with Gasteiger partial charge in [0, 0.05) is 12.3 Å². The van der Waals surface area contributed by atoms with Crippen molar-refractivity contribution in [1.82, 2.24) is 5.32 Å². The first-order valence-corrected chi connectivity index (χ1v) is 9.37. The first kappa shape index (κ1) is 18.5. The molecule has 1 aromatic carbocycles. The highest BCUT2D eigenvalue weighted by molar-refractivity contribution is 7.98. The lowest BCUT2D eigenvalue weighted by atomic mass is 10.1. The summed E-state index contributed by atoms with van der Waals surface area (Å²) in [7, 11) is 0. The summed E-state index contributed by atoms with van der Waals surface area (Å²) < 4.78 is 11.2. The zero-order chi connectivity index (χ0) is 17.4. The molecule has 0 radical (unpaired) electrons. The van der Waals surface area contributed by atoms with Gasteiger partial charge in [-0.2, -0.15) is 11.8 Å². The summed E-state index contributed by atoms with van der Waals surface area (Å²) in [4.78, 5) is 12.3. The standard InChI is InChI=1S/C19H25NO3S/c1-4-17(23-18-8-7-14(2)12-15(18)3)19(21)20-9-11-24-13-16-6-5-10-22-16/h5-8,10,12,17H,4,9,11,13H2,1-3H3,(H,20,21). The van der Waals surface area contributed by atoms with Gasteiger partial charge in [-0.3, -0.25) is 4.79 Å². The molecule has 4 nitrogen and oxygen atoms in total. The first-order chi connectivity index (χ1) is 11.6. The number of hydrogen-bond donors (Lipinski definition) is 1. The monoisotopic (exact) mass is 347 g/mol. The van der Waals surface area contributed by atoms with Crippen LogP contribution >= 0.6 is 11.8 Å². The average Bonchev–Trinajstić information content (AvgIpc) is 3.07. The van der Waals surface area contributed by atoms with Crippen molar-refractivity contribution < 1.29 is 13.9 Å². The van der Waals surface area contributed by atoms with E-state index in [1.54, 1.807) is 18.0 Å². The number of rotatable bonds is 9. The van der Waals surface area contributed by atoms with Crippen LogP contribution in [0.25, 0.3) is 0 Å². The van der Waals surface area contributed by atoms with E-state index in [1.165, 1.54) is 5.56 Å². The van der Waals surface area contributed by atoms with Crippen LogP contribution in [0.2, 0.25) is 0 Å². The molecule has 2 rings (SSSR count). The van der Waals surface area contributed by atoms with Gasteiger partial charge >= 0.3 is 0 Å². The molecule has 2 aromatic rings. The number of nitrogens with one attached hydrogen (secondary N) is 1. The number of hydrogen-bond acceptors (Lipinski definition) is 4. The number of benzene rings is 1. The molecule has 0 aliphatic heterocycles. The molecule has 5 heteroatoms. The molecule has 0 aliphatic rings. The number of amides is 1. The summed E-state index contributed by atoms with van der Waals surface area (Å²) in [5.41, 5.74) is 2.24. The molecule has 0 saturated carbocycles. The molecule has 1 amide bonds. The molecule has 24 heavy (non-hydrogen) atoms. The molecule has 1 aromatic heterocycles. The molecule has 0 fully saturated rings. The molecular weight excluding hydrogens is 322 g/mol. The Bertz CT molecular complexity index is 640. The summed E-state index contributed by atoms with van der Waals surface area (Å²) in [6, 6.07) is 9.83. The van der Waals surface area contributed by atoms with E-state index < -0.39 is 6.10 Å². The molecule has 0 saturated heterocycles. The Kier molecular flexibility index (Phi) is 7.25. The predicted octanol–water partition coefficient (Wildman–Crippen LogP) is 4.10. The highest BCUT2D eigenvalue weighted by Gasteiger charge is 2.18. The number of thioether (sulfide) groups is 1. The highest BCUT2D eigenvalue weighted by Crippen LogP contribution is 2.21. The fraction of sp³-hybridized carbons (Fsp3) is 0.421. The normalized spacial score (nSPS) is 12.0. The second-order valence-electron chi connectivity index (χ2n) is 5.71. The summed E-state index contributed by atoms with van der Waals surface area (Å²) in [5, 5.41) is 2.95. The van der Waals surface area contributed by atoms with E-state index in [0.717, 1.165) is 28.6 Å². The largest absolute Gasteiger partial charge is 0.480 e. The summed E-state index contributed by atoms with van der Waals surface area (Å²) in [6.45, 7) is 6.62. The van der Waals surface area contributed by atoms with Gasteiger partial charge in [-0.1, -0.05) is 24.6 Å². The topological polar surface area (TPSA) is 51.5 Å². The molecule has 1 N–H and O–H groups in total. The zero-order valence-corrected chi connectivity index (χ0v) is 15.3. The summed E-state index contributed by atoms with van der Waals surface area (Å²) in [6.07, 6.45) is 1.86. The Morgan fingerprint density at radius 1 is 1.33 bits per heavy atom. The van der Waals surface area contributed by atoms with Crippen molar-refractivity contribution in [1.29, 1.82) is 0 Å². The summed E-state index contributed by atoms with van der Waals surface area (Å²) in [5.74, 6) is 3.33. The van der Waals surface area contributed by atoms with Crippen molar-refractivity contribution in [2.45, 2.75) is 39.0 Å². The van der Waals surface area contributed by atoms with Gasteiger partial charge in [0.15, 0.2) is 6.10 Å². The smallest absolute Gasteiger partial charge is 0.261 e. The van der Waals surface area contributed by atoms with Crippen LogP contribution in [0.15, 0.2) is 41.0 Å². The first-order valence-electron chi connectivity index (χ1n) is 8.22. The summed E-state index contributed by atoms with van der Waals surface area (Å²) >= 11 is 1.73. The third-order valence-corrected chi connectivity index (χ3v) is 4.61. The Balaban J connectivity index is 1.74. The zero-order valence-electron chi connectivity index (χ0n) is 14.5. The maximum absolute atomic E-state index is 12.3. The molecule has 1 unspecified atom stereocenters. The maximum atomic E-state index is 12.3. The van der Waals surface area contributed by atoms with Crippen LogP contribution in [-0.4, -0.2) is 24.3 Å². The quantitative estimate of drug-likeness (QED) is 0.694. The number of aryl methyl sites for hydroxylation is 2. The average molecular weight is 347 g/mol. The van der Waals surface area contributed by atoms with Crippen molar-refractivity contribution >= 4 is 17.7 Å². The van der Waals surface area contributed by atoms with Crippen molar-refractivity contribution in [2.24, 2.45) is 0 Å². The van der Waals surface area contributed by atoms with Crippen LogP contribution < -0.4 is 10.1 Å². The minimum atomic E-state index is -0.457. The van der Waals surface area contributed by atoms with Crippen molar-refractivity contribution in [2.75, 3.05) is 12.3 Å². The lowest BCUT2D eigenvalue weighted by Crippen LogP contribution is -2.39. The number of furan rings is 1. The highest BCUT2D eigenvalue weighted by atomic mass is 32.2. The van der Waals surface area contributed by atoms with Gasteiger partial charge in [0.1, 0.15) is 11.5 Å². The van der Waals surface area contributed by atoms with Gasteiger partial charge in [-0.05, 0) is 44.0 Å². The van der Waals surface area contributed by atoms with Crippen LogP contribution in [0.4, 0.5) is 0 Å². The van der Waals surface area contributed by atoms with Gasteiger partial charge < -0.3 is 14.5 Å². The third-order valence-electron chi connectivity index (χ3n) is 3.63. The fourth-order valence-electron chi connectivity index (χ4n) is 2.33. The number of carbonyl (C=O) groups excluding carboxylic acids is 1. The van der Waals surface area contributed by atoms with E-state index in [0.29, 0.717) is 13.0 Å². The third kappa shape index (κ3) is 5.64. The predicted molar refractivity (Wildman–Crippen MR) is 98.5 cm³/mol. The van der Waals surface area contributed by atoms with Crippen LogP contribution in [0.3, 0.4) is 0 Å². The van der Waals surface area contributed by atoms with E-state index in [9.17, 15) is 4.79 Å². The second-order valence-corrected chi connectivity index (χ2v) is 6.81. The molecular formula is C19H25NO3S. The lowest BCUT2D eigenvalue weighted by molar-refractivity contribution is -0.128. The molecule has 0 spiro atoms. The van der Waals surface area contributed by atoms with Crippen LogP contribution in [-0.2, 0) is 10.5 Å². The van der Waals surface area contributed by atoms with Crippen molar-refractivity contribution in [3.8, 4) is 5.75 Å². The van der Waals surface area contributed by atoms with E-state index in [4.69, 9.17) is 9.15 Å². The number of ether oxygens (including phenoxy) is 1. The molecule has 1 atom stereocenters. The molecule has 1 heterocycles. The van der Waals surface area contributed by atoms with Gasteiger partial charge in [0.05, 0.1) is 12.0 Å². The van der Waals surface area contributed by atoms with Gasteiger partial charge in [0.25, 0.3) is 5.91 Å². The minimum Gasteiger partial charge on any atom is -0.480 e.